The molecule has 0 spiro atoms. The summed E-state index contributed by atoms with van der Waals surface area (Å²) in [5, 5.41) is 3.98. The van der Waals surface area contributed by atoms with Crippen LogP contribution in [0.5, 0.6) is 0 Å². The molecule has 6 heteroatoms. The molecule has 0 atom stereocenters. The topological polar surface area (TPSA) is 39.8 Å². The maximum atomic E-state index is 11.4. The molecule has 0 radical (unpaired) electrons. The first-order valence-electron chi connectivity index (χ1n) is 3.99. The molecule has 0 unspecified atom stereocenters. The summed E-state index contributed by atoms with van der Waals surface area (Å²) in [5.41, 5.74) is -0.0884. The monoisotopic (exact) mass is 273 g/mol. The molecule has 2 aromatic heterocycles. The minimum atomic E-state index is -0.0884. The van der Waals surface area contributed by atoms with E-state index in [4.69, 9.17) is 0 Å². The van der Waals surface area contributed by atoms with Gasteiger partial charge in [0.2, 0.25) is 0 Å². The van der Waals surface area contributed by atoms with Crippen molar-refractivity contribution in [1.82, 2.24) is 14.3 Å². The first-order valence-corrected chi connectivity index (χ1v) is 5.60. The highest BCUT2D eigenvalue weighted by molar-refractivity contribution is 9.11. The Balaban J connectivity index is 2.27. The van der Waals surface area contributed by atoms with E-state index in [1.165, 1.54) is 15.6 Å². The van der Waals surface area contributed by atoms with Crippen molar-refractivity contribution < 1.29 is 0 Å². The fourth-order valence-electron chi connectivity index (χ4n) is 1.11. The van der Waals surface area contributed by atoms with Gasteiger partial charge in [-0.25, -0.2) is 9.48 Å². The van der Waals surface area contributed by atoms with Crippen molar-refractivity contribution in [1.29, 1.82) is 0 Å². The van der Waals surface area contributed by atoms with Gasteiger partial charge < -0.3 is 0 Å². The van der Waals surface area contributed by atoms with E-state index in [0.29, 0.717) is 6.54 Å². The van der Waals surface area contributed by atoms with Gasteiger partial charge >= 0.3 is 5.69 Å². The molecule has 0 aliphatic heterocycles. The summed E-state index contributed by atoms with van der Waals surface area (Å²) < 4.78 is 3.97. The first kappa shape index (κ1) is 9.67. The van der Waals surface area contributed by atoms with Crippen LogP contribution >= 0.6 is 27.3 Å². The van der Waals surface area contributed by atoms with E-state index in [9.17, 15) is 4.79 Å². The smallest absolute Gasteiger partial charge is 0.285 e. The van der Waals surface area contributed by atoms with Crippen LogP contribution in [0.1, 0.15) is 4.88 Å². The van der Waals surface area contributed by atoms with Crippen LogP contribution in [0.3, 0.4) is 0 Å². The lowest BCUT2D eigenvalue weighted by Crippen LogP contribution is -2.23. The third kappa shape index (κ3) is 1.80. The average molecular weight is 274 g/mol. The Kier molecular flexibility index (Phi) is 2.56. The van der Waals surface area contributed by atoms with Gasteiger partial charge in [0, 0.05) is 11.9 Å². The van der Waals surface area contributed by atoms with E-state index < -0.39 is 0 Å². The quantitative estimate of drug-likeness (QED) is 0.831. The van der Waals surface area contributed by atoms with Gasteiger partial charge in [-0.2, -0.15) is 5.10 Å². The average Bonchev–Trinajstić information content (AvgIpc) is 2.67. The molecular weight excluding hydrogens is 266 g/mol. The molecule has 0 saturated carbocycles. The minimum absolute atomic E-state index is 0.0884. The summed E-state index contributed by atoms with van der Waals surface area (Å²) in [6, 6.07) is 3.95. The zero-order valence-electron chi connectivity index (χ0n) is 7.48. The number of rotatable bonds is 2. The highest BCUT2D eigenvalue weighted by Gasteiger charge is 2.04. The van der Waals surface area contributed by atoms with E-state index in [-0.39, 0.29) is 5.69 Å². The Bertz CT molecular complexity index is 499. The Morgan fingerprint density at radius 1 is 1.57 bits per heavy atom. The number of thiophene rings is 1. The summed E-state index contributed by atoms with van der Waals surface area (Å²) >= 11 is 4.98. The Morgan fingerprint density at radius 2 is 2.36 bits per heavy atom. The molecule has 2 rings (SSSR count). The van der Waals surface area contributed by atoms with Crippen molar-refractivity contribution in [2.75, 3.05) is 0 Å². The molecule has 0 aliphatic carbocycles. The Morgan fingerprint density at radius 3 is 2.86 bits per heavy atom. The van der Waals surface area contributed by atoms with Gasteiger partial charge in [-0.1, -0.05) is 0 Å². The van der Waals surface area contributed by atoms with Crippen molar-refractivity contribution >= 4 is 27.3 Å². The molecule has 4 nitrogen and oxygen atoms in total. The molecule has 74 valence electrons. The van der Waals surface area contributed by atoms with Crippen LogP contribution < -0.4 is 5.69 Å². The van der Waals surface area contributed by atoms with Crippen LogP contribution in [0.15, 0.2) is 27.0 Å². The number of hydrogen-bond acceptors (Lipinski definition) is 3. The molecule has 0 fully saturated rings. The van der Waals surface area contributed by atoms with Crippen LogP contribution in [-0.2, 0) is 13.6 Å². The summed E-state index contributed by atoms with van der Waals surface area (Å²) in [5.74, 6) is 0. The summed E-state index contributed by atoms with van der Waals surface area (Å²) in [6.45, 7) is 0.538. The fraction of sp³-hybridized carbons (Fsp3) is 0.250. The lowest BCUT2D eigenvalue weighted by molar-refractivity contribution is 0.653. The highest BCUT2D eigenvalue weighted by atomic mass is 79.9. The second-order valence-electron chi connectivity index (χ2n) is 2.89. The zero-order chi connectivity index (χ0) is 10.1. The number of hydrogen-bond donors (Lipinski definition) is 0. The Hall–Kier alpha value is -0.880. The van der Waals surface area contributed by atoms with E-state index >= 15 is 0 Å². The van der Waals surface area contributed by atoms with Crippen molar-refractivity contribution in [3.63, 3.8) is 0 Å². The largest absolute Gasteiger partial charge is 0.345 e. The normalized spacial score (nSPS) is 10.7. The molecule has 0 amide bonds. The Labute approximate surface area is 92.9 Å². The van der Waals surface area contributed by atoms with Crippen molar-refractivity contribution in [2.45, 2.75) is 6.54 Å². The van der Waals surface area contributed by atoms with Crippen LogP contribution in [-0.4, -0.2) is 14.3 Å². The van der Waals surface area contributed by atoms with Gasteiger partial charge in [0.25, 0.3) is 0 Å². The summed E-state index contributed by atoms with van der Waals surface area (Å²) in [6.07, 6.45) is 1.52. The molecular formula is C8H8BrN3OS. The van der Waals surface area contributed by atoms with E-state index in [0.717, 1.165) is 8.66 Å². The third-order valence-corrected chi connectivity index (χ3v) is 3.43. The van der Waals surface area contributed by atoms with Gasteiger partial charge in [0.1, 0.15) is 6.33 Å². The van der Waals surface area contributed by atoms with E-state index in [1.807, 2.05) is 12.1 Å². The van der Waals surface area contributed by atoms with Gasteiger partial charge in [0.05, 0.1) is 10.3 Å². The number of aryl methyl sites for hydroxylation is 1. The molecule has 0 aromatic carbocycles. The zero-order valence-corrected chi connectivity index (χ0v) is 9.88. The van der Waals surface area contributed by atoms with Crippen molar-refractivity contribution in [2.24, 2.45) is 7.05 Å². The molecule has 0 saturated heterocycles. The second-order valence-corrected chi connectivity index (χ2v) is 5.44. The number of aromatic nitrogens is 3. The molecule has 0 bridgehead atoms. The third-order valence-electron chi connectivity index (χ3n) is 1.82. The highest BCUT2D eigenvalue weighted by Crippen LogP contribution is 2.22. The molecule has 2 heterocycles. The lowest BCUT2D eigenvalue weighted by atomic mass is 10.5. The number of nitrogens with zero attached hydrogens (tertiary/aromatic N) is 3. The predicted octanol–water partition coefficient (Wildman–Crippen LogP) is 1.45. The van der Waals surface area contributed by atoms with Crippen molar-refractivity contribution in [3.8, 4) is 0 Å². The van der Waals surface area contributed by atoms with Crippen LogP contribution in [0, 0.1) is 0 Å². The fourth-order valence-corrected chi connectivity index (χ4v) is 2.58. The van der Waals surface area contributed by atoms with Gasteiger partial charge in [-0.3, -0.25) is 4.57 Å². The van der Waals surface area contributed by atoms with E-state index in [2.05, 4.69) is 21.0 Å². The maximum absolute atomic E-state index is 11.4. The van der Waals surface area contributed by atoms with Crippen LogP contribution in [0.4, 0.5) is 0 Å². The molecule has 2 aromatic rings. The SMILES string of the molecule is Cn1cnn(Cc2ccc(Br)s2)c1=O. The lowest BCUT2D eigenvalue weighted by Gasteiger charge is -1.94. The molecule has 0 aliphatic rings. The van der Waals surface area contributed by atoms with E-state index in [1.54, 1.807) is 18.4 Å². The summed E-state index contributed by atoms with van der Waals surface area (Å²) in [7, 11) is 1.69. The van der Waals surface area contributed by atoms with Crippen LogP contribution in [0.25, 0.3) is 0 Å². The maximum Gasteiger partial charge on any atom is 0.345 e. The number of halogens is 1. The van der Waals surface area contributed by atoms with Gasteiger partial charge in [-0.05, 0) is 28.1 Å². The molecule has 0 N–H and O–H groups in total. The summed E-state index contributed by atoms with van der Waals surface area (Å²) in [4.78, 5) is 12.5. The second kappa shape index (κ2) is 3.70. The van der Waals surface area contributed by atoms with Gasteiger partial charge in [-0.15, -0.1) is 11.3 Å². The predicted molar refractivity (Wildman–Crippen MR) is 58.6 cm³/mol. The van der Waals surface area contributed by atoms with Gasteiger partial charge in [0.15, 0.2) is 0 Å². The van der Waals surface area contributed by atoms with Crippen molar-refractivity contribution in [3.05, 3.63) is 37.6 Å². The minimum Gasteiger partial charge on any atom is -0.285 e. The first-order chi connectivity index (χ1) is 6.66. The molecule has 14 heavy (non-hydrogen) atoms. The van der Waals surface area contributed by atoms with Crippen LogP contribution in [0.2, 0.25) is 0 Å². The standard InChI is InChI=1S/C8H8BrN3OS/c1-11-5-10-12(8(11)13)4-6-2-3-7(9)14-6/h2-3,5H,4H2,1H3.